The molecule has 0 saturated carbocycles. The molecule has 0 spiro atoms. The fourth-order valence-electron chi connectivity index (χ4n) is 0. The average molecular weight is 269 g/mol. The van der Waals surface area contributed by atoms with Crippen molar-refractivity contribution in [1.82, 2.24) is 0 Å². The van der Waals surface area contributed by atoms with E-state index in [4.69, 9.17) is 13.0 Å². The summed E-state index contributed by atoms with van der Waals surface area (Å²) in [6.45, 7) is 0. The van der Waals surface area contributed by atoms with Crippen molar-refractivity contribution in [2.75, 3.05) is 0 Å². The first-order valence-electron chi connectivity index (χ1n) is 1.29. The van der Waals surface area contributed by atoms with E-state index in [1.807, 2.05) is 0 Å². The molecule has 0 radical (unpaired) electrons. The van der Waals surface area contributed by atoms with Gasteiger partial charge in [0.25, 0.3) is 0 Å². The Bertz CT molecular complexity index is 174. The number of hydrogen-bond acceptors (Lipinski definition) is 2. The zero-order chi connectivity index (χ0) is 7.00. The Balaban J connectivity index is -0.0000000817. The quantitative estimate of drug-likeness (QED) is 0.230. The summed E-state index contributed by atoms with van der Waals surface area (Å²) in [4.78, 5) is 0. The standard InChI is InChI=1S/CHF3O3S.FH.H3P.Zn/c2-1(3,4)8(5,6)7;;;/h(H,5,6,7);1H;1H3;. The maximum Gasteiger partial charge on any atom is 0.522 e. The van der Waals surface area contributed by atoms with E-state index in [9.17, 15) is 13.2 Å². The van der Waals surface area contributed by atoms with Crippen LogP contribution in [0.25, 0.3) is 0 Å². The third-order valence-electron chi connectivity index (χ3n) is 0.292. The Morgan fingerprint density at radius 3 is 1.27 bits per heavy atom. The van der Waals surface area contributed by atoms with Gasteiger partial charge in [0, 0.05) is 19.5 Å². The number of hydrogen-bond donors (Lipinski definition) is 1. The molecule has 0 bridgehead atoms. The first kappa shape index (κ1) is 22.6. The predicted octanol–water partition coefficient (Wildman–Crippen LogP) is 0.602. The molecule has 3 nitrogen and oxygen atoms in total. The summed E-state index contributed by atoms with van der Waals surface area (Å²) < 4.78 is 57.5. The van der Waals surface area contributed by atoms with Crippen molar-refractivity contribution < 1.29 is 50.3 Å². The third-order valence-corrected chi connectivity index (χ3v) is 0.877. The zero-order valence-corrected chi connectivity index (χ0v) is 10.3. The van der Waals surface area contributed by atoms with Crippen molar-refractivity contribution in [3.63, 3.8) is 0 Å². The zero-order valence-electron chi connectivity index (χ0n) is 5.13. The van der Waals surface area contributed by atoms with Crippen molar-refractivity contribution in [2.24, 2.45) is 0 Å². The summed E-state index contributed by atoms with van der Waals surface area (Å²) in [5.41, 5.74) is -5.53. The Kier molecular flexibility index (Phi) is 12.8. The van der Waals surface area contributed by atoms with Gasteiger partial charge in [-0.25, -0.2) is 0 Å². The molecule has 0 fully saturated rings. The van der Waals surface area contributed by atoms with Gasteiger partial charge in [0.2, 0.25) is 0 Å². The first-order valence-corrected chi connectivity index (χ1v) is 2.73. The van der Waals surface area contributed by atoms with Crippen LogP contribution in [0.4, 0.5) is 17.9 Å². The van der Waals surface area contributed by atoms with Gasteiger partial charge in [0.15, 0.2) is 0 Å². The molecule has 0 rings (SSSR count). The van der Waals surface area contributed by atoms with Gasteiger partial charge in [-0.2, -0.15) is 31.5 Å². The van der Waals surface area contributed by atoms with E-state index in [0.717, 1.165) is 0 Å². The molecule has 0 saturated heterocycles. The van der Waals surface area contributed by atoms with Crippen LogP contribution in [0, 0.1) is 0 Å². The summed E-state index contributed by atoms with van der Waals surface area (Å²) >= 11 is 0. The van der Waals surface area contributed by atoms with Crippen molar-refractivity contribution in [3.05, 3.63) is 0 Å². The molecule has 1 unspecified atom stereocenters. The Hall–Kier alpha value is 0.683. The molecular formula is CH5F4O3PSZn. The van der Waals surface area contributed by atoms with Crippen LogP contribution in [0.3, 0.4) is 0 Å². The maximum absolute atomic E-state index is 10.7. The fraction of sp³-hybridized carbons (Fsp3) is 1.00. The van der Waals surface area contributed by atoms with Crippen LogP contribution < -0.4 is 0 Å². The molecule has 0 aliphatic rings. The predicted molar refractivity (Wildman–Crippen MR) is 31.2 cm³/mol. The second kappa shape index (κ2) is 6.23. The number of rotatable bonds is 0. The van der Waals surface area contributed by atoms with Crippen LogP contribution in [-0.2, 0) is 29.6 Å². The molecule has 1 N–H and O–H groups in total. The van der Waals surface area contributed by atoms with Gasteiger partial charge in [-0.3, -0.25) is 9.26 Å². The van der Waals surface area contributed by atoms with Crippen molar-refractivity contribution in [1.29, 1.82) is 0 Å². The summed E-state index contributed by atoms with van der Waals surface area (Å²) in [6, 6.07) is 0. The largest absolute Gasteiger partial charge is 0.522 e. The second-order valence-electron chi connectivity index (χ2n) is 0.921. The third kappa shape index (κ3) is 8.59. The van der Waals surface area contributed by atoms with Gasteiger partial charge in [0.05, 0.1) is 0 Å². The Labute approximate surface area is 76.2 Å². The molecule has 0 aliphatic heterocycles. The molecule has 0 aromatic rings. The van der Waals surface area contributed by atoms with Gasteiger partial charge in [0.1, 0.15) is 0 Å². The molecule has 68 valence electrons. The molecule has 0 amide bonds. The Morgan fingerprint density at radius 2 is 1.27 bits per heavy atom. The fourth-order valence-corrected chi connectivity index (χ4v) is 0. The molecule has 0 heterocycles. The Morgan fingerprint density at radius 1 is 1.18 bits per heavy atom. The van der Waals surface area contributed by atoms with E-state index in [2.05, 4.69) is 0 Å². The molecule has 0 aliphatic carbocycles. The van der Waals surface area contributed by atoms with E-state index in [1.54, 1.807) is 0 Å². The van der Waals surface area contributed by atoms with Gasteiger partial charge >= 0.3 is 15.6 Å². The van der Waals surface area contributed by atoms with Crippen LogP contribution in [0.15, 0.2) is 0 Å². The smallest absolute Gasteiger partial charge is 0.279 e. The van der Waals surface area contributed by atoms with Gasteiger partial charge in [-0.15, -0.1) is 0 Å². The van der Waals surface area contributed by atoms with Gasteiger partial charge < -0.3 is 0 Å². The summed E-state index contributed by atoms with van der Waals surface area (Å²) in [5.74, 6) is 0. The van der Waals surface area contributed by atoms with Crippen LogP contribution in [0.2, 0.25) is 0 Å². The monoisotopic (exact) mass is 268 g/mol. The maximum atomic E-state index is 10.7. The van der Waals surface area contributed by atoms with Crippen LogP contribution >= 0.6 is 9.90 Å². The molecule has 0 aromatic heterocycles. The topological polar surface area (TPSA) is 54.4 Å². The van der Waals surface area contributed by atoms with E-state index in [-0.39, 0.29) is 34.1 Å². The number of alkyl halides is 3. The summed E-state index contributed by atoms with van der Waals surface area (Å²) in [6.07, 6.45) is 0. The second-order valence-corrected chi connectivity index (χ2v) is 2.33. The molecule has 11 heavy (non-hydrogen) atoms. The molecule has 0 aromatic carbocycles. The first-order chi connectivity index (χ1) is 3.25. The number of halogens is 4. The average Bonchev–Trinajstić information content (AvgIpc) is 1.25. The van der Waals surface area contributed by atoms with Crippen LogP contribution in [0.1, 0.15) is 0 Å². The van der Waals surface area contributed by atoms with Crippen molar-refractivity contribution >= 4 is 20.0 Å². The van der Waals surface area contributed by atoms with Gasteiger partial charge in [-0.05, 0) is 0 Å². The summed E-state index contributed by atoms with van der Waals surface area (Å²) in [7, 11) is -5.84. The molecular weight excluding hydrogens is 264 g/mol. The normalized spacial score (nSPS) is 10.2. The van der Waals surface area contributed by atoms with E-state index in [0.29, 0.717) is 0 Å². The molecule has 1 atom stereocenters. The minimum Gasteiger partial charge on any atom is -0.279 e. The van der Waals surface area contributed by atoms with E-state index in [1.165, 1.54) is 0 Å². The van der Waals surface area contributed by atoms with Crippen molar-refractivity contribution in [3.8, 4) is 0 Å². The van der Waals surface area contributed by atoms with Crippen LogP contribution in [0.5, 0.6) is 0 Å². The van der Waals surface area contributed by atoms with Crippen LogP contribution in [-0.4, -0.2) is 18.5 Å². The van der Waals surface area contributed by atoms with E-state index < -0.39 is 15.6 Å². The summed E-state index contributed by atoms with van der Waals surface area (Å²) in [5, 5.41) is 0. The minimum absolute atomic E-state index is 0. The minimum atomic E-state index is -5.84. The molecule has 10 heteroatoms. The van der Waals surface area contributed by atoms with E-state index >= 15 is 0 Å². The van der Waals surface area contributed by atoms with Crippen molar-refractivity contribution in [2.45, 2.75) is 5.51 Å². The van der Waals surface area contributed by atoms with Gasteiger partial charge in [-0.1, -0.05) is 0 Å². The SMILES string of the molecule is F.O=S(=O)(O)C(F)(F)F.P.[Zn].